The fraction of sp³-hybridized carbons (Fsp3) is 0.256. The van der Waals surface area contributed by atoms with Gasteiger partial charge in [0.25, 0.3) is 0 Å². The van der Waals surface area contributed by atoms with Crippen LogP contribution < -0.4 is 4.74 Å². The monoisotopic (exact) mass is 736 g/mol. The molecule has 0 N–H and O–H groups in total. The Labute approximate surface area is 303 Å². The molecule has 0 amide bonds. The zero-order valence-electron chi connectivity index (χ0n) is 29.1. The van der Waals surface area contributed by atoms with Crippen molar-refractivity contribution in [3.8, 4) is 34.1 Å². The number of aromatic nitrogens is 4. The molecular formula is C43H42N4OPd. The Balaban J connectivity index is 0.00000417. The minimum atomic E-state index is -0.169. The normalized spacial score (nSPS) is 11.6. The quantitative estimate of drug-likeness (QED) is 0.109. The molecule has 7 rings (SSSR count). The van der Waals surface area contributed by atoms with Crippen LogP contribution in [0.15, 0.2) is 97.2 Å². The minimum Gasteiger partial charge on any atom is -0.509 e. The zero-order valence-corrected chi connectivity index (χ0v) is 30.6. The van der Waals surface area contributed by atoms with Gasteiger partial charge in [0.1, 0.15) is 5.82 Å². The number of hydrogen-bond acceptors (Lipinski definition) is 3. The summed E-state index contributed by atoms with van der Waals surface area (Å²) in [6.45, 7) is 13.3. The van der Waals surface area contributed by atoms with Crippen molar-refractivity contribution in [1.29, 1.82) is 0 Å². The van der Waals surface area contributed by atoms with E-state index in [0.29, 0.717) is 11.5 Å². The number of benzene rings is 4. The molecule has 0 aliphatic rings. The third kappa shape index (κ3) is 6.61. The molecule has 0 unspecified atom stereocenters. The molecular weight excluding hydrogens is 695 g/mol. The van der Waals surface area contributed by atoms with Gasteiger partial charge in [-0.05, 0) is 65.2 Å². The van der Waals surface area contributed by atoms with E-state index in [1.165, 1.54) is 27.9 Å². The molecule has 250 valence electrons. The first-order valence-electron chi connectivity index (χ1n) is 17.1. The molecule has 0 fully saturated rings. The van der Waals surface area contributed by atoms with Crippen molar-refractivity contribution in [1.82, 2.24) is 19.3 Å². The minimum absolute atomic E-state index is 0. The van der Waals surface area contributed by atoms with Crippen molar-refractivity contribution in [3.05, 3.63) is 132 Å². The molecule has 0 bridgehead atoms. The summed E-state index contributed by atoms with van der Waals surface area (Å²) in [6, 6.07) is 38.9. The molecule has 0 spiro atoms. The van der Waals surface area contributed by atoms with Crippen LogP contribution in [0, 0.1) is 12.1 Å². The maximum Gasteiger partial charge on any atom is 2.00 e. The van der Waals surface area contributed by atoms with Gasteiger partial charge in [0.15, 0.2) is 0 Å². The first kappa shape index (κ1) is 34.4. The maximum absolute atomic E-state index is 6.51. The summed E-state index contributed by atoms with van der Waals surface area (Å²) in [6.07, 6.45) is 5.76. The van der Waals surface area contributed by atoms with E-state index in [1.807, 2.05) is 24.4 Å². The van der Waals surface area contributed by atoms with Gasteiger partial charge in [-0.1, -0.05) is 95.9 Å². The summed E-state index contributed by atoms with van der Waals surface area (Å²) in [5.74, 6) is 2.10. The number of para-hydroxylation sites is 1. The second-order valence-corrected chi connectivity index (χ2v) is 13.4. The Morgan fingerprint density at radius 3 is 2.24 bits per heavy atom. The average Bonchev–Trinajstić information content (AvgIpc) is 3.65. The van der Waals surface area contributed by atoms with Gasteiger partial charge < -0.3 is 9.30 Å². The van der Waals surface area contributed by atoms with E-state index < -0.39 is 0 Å². The predicted molar refractivity (Wildman–Crippen MR) is 197 cm³/mol. The van der Waals surface area contributed by atoms with Crippen molar-refractivity contribution in [2.45, 2.75) is 72.6 Å². The van der Waals surface area contributed by atoms with Crippen LogP contribution in [-0.2, 0) is 45.1 Å². The van der Waals surface area contributed by atoms with Crippen molar-refractivity contribution < 1.29 is 25.2 Å². The average molecular weight is 737 g/mol. The molecule has 0 radical (unpaired) electrons. The summed E-state index contributed by atoms with van der Waals surface area (Å²) in [4.78, 5) is 4.76. The Morgan fingerprint density at radius 2 is 1.51 bits per heavy atom. The molecule has 3 aromatic heterocycles. The third-order valence-electron chi connectivity index (χ3n) is 9.01. The molecule has 5 nitrogen and oxygen atoms in total. The number of fused-ring (bicyclic) bond motifs is 3. The van der Waals surface area contributed by atoms with Crippen LogP contribution in [0.4, 0.5) is 0 Å². The molecule has 0 aliphatic heterocycles. The van der Waals surface area contributed by atoms with E-state index in [1.54, 1.807) is 0 Å². The van der Waals surface area contributed by atoms with E-state index in [2.05, 4.69) is 136 Å². The summed E-state index contributed by atoms with van der Waals surface area (Å²) in [5.41, 5.74) is 9.97. The van der Waals surface area contributed by atoms with Gasteiger partial charge in [-0.3, -0.25) is 4.68 Å². The van der Waals surface area contributed by atoms with Crippen molar-refractivity contribution in [2.24, 2.45) is 0 Å². The van der Waals surface area contributed by atoms with Crippen LogP contribution in [0.1, 0.15) is 70.5 Å². The van der Waals surface area contributed by atoms with Gasteiger partial charge in [0, 0.05) is 34.2 Å². The van der Waals surface area contributed by atoms with Crippen LogP contribution in [0.5, 0.6) is 11.5 Å². The van der Waals surface area contributed by atoms with Gasteiger partial charge in [0.2, 0.25) is 0 Å². The molecule has 7 aromatic rings. The number of nitrogens with zero attached hydrogens (tertiary/aromatic N) is 4. The number of rotatable bonds is 9. The van der Waals surface area contributed by atoms with Crippen LogP contribution >= 0.6 is 0 Å². The second-order valence-electron chi connectivity index (χ2n) is 13.4. The fourth-order valence-electron chi connectivity index (χ4n) is 6.66. The maximum atomic E-state index is 6.51. The molecule has 3 heterocycles. The van der Waals surface area contributed by atoms with Gasteiger partial charge >= 0.3 is 20.4 Å². The topological polar surface area (TPSA) is 44.9 Å². The van der Waals surface area contributed by atoms with Crippen LogP contribution in [-0.4, -0.2) is 19.3 Å². The Kier molecular flexibility index (Phi) is 9.93. The Hall–Kier alpha value is -4.50. The van der Waals surface area contributed by atoms with Gasteiger partial charge in [-0.2, -0.15) is 17.2 Å². The molecule has 0 aliphatic carbocycles. The summed E-state index contributed by atoms with van der Waals surface area (Å²) in [5, 5.41) is 7.50. The molecule has 0 atom stereocenters. The van der Waals surface area contributed by atoms with Crippen molar-refractivity contribution in [2.75, 3.05) is 0 Å². The fourth-order valence-corrected chi connectivity index (χ4v) is 6.66. The van der Waals surface area contributed by atoms with E-state index in [-0.39, 0.29) is 25.8 Å². The molecule has 4 aromatic carbocycles. The third-order valence-corrected chi connectivity index (χ3v) is 9.01. The number of pyridine rings is 1. The number of hydrogen-bond donors (Lipinski definition) is 0. The van der Waals surface area contributed by atoms with Gasteiger partial charge in [0.05, 0.1) is 11.4 Å². The standard InChI is InChI=1S/C43H42N4O.Pd/c1-7-13-37-41(31-20-18-29(8-2)19-21-31)42(43(4,5)6)47(45-37)32-14-12-15-33(27-32)48-34-22-23-36-35-16-10-11-17-38(35)46(39(36)28-34)40-26-30(9-3)24-25-44-40;/h10-12,14-26H,7-9,13H2,1-6H3;/q-2;+2. The van der Waals surface area contributed by atoms with Crippen LogP contribution in [0.2, 0.25) is 0 Å². The largest absolute Gasteiger partial charge is 2.00 e. The summed E-state index contributed by atoms with van der Waals surface area (Å²) >= 11 is 0. The molecule has 49 heavy (non-hydrogen) atoms. The van der Waals surface area contributed by atoms with Crippen molar-refractivity contribution >= 4 is 21.8 Å². The zero-order chi connectivity index (χ0) is 33.4. The van der Waals surface area contributed by atoms with E-state index in [9.17, 15) is 0 Å². The van der Waals surface area contributed by atoms with Gasteiger partial charge in [-0.15, -0.1) is 35.7 Å². The predicted octanol–water partition coefficient (Wildman–Crippen LogP) is 10.8. The van der Waals surface area contributed by atoms with E-state index in [0.717, 1.165) is 64.7 Å². The smallest absolute Gasteiger partial charge is 0.509 e. The number of ether oxygens (including phenoxy) is 1. The van der Waals surface area contributed by atoms with E-state index >= 15 is 0 Å². The Morgan fingerprint density at radius 1 is 0.755 bits per heavy atom. The summed E-state index contributed by atoms with van der Waals surface area (Å²) in [7, 11) is 0. The molecule has 6 heteroatoms. The summed E-state index contributed by atoms with van der Waals surface area (Å²) < 4.78 is 10.8. The SMILES string of the molecule is CCCc1nn(-c2[c-]c(Oc3[c-]c4c(cc3)c3ccccc3n4-c3cc(CC)ccn3)ccc2)c(C(C)(C)C)c1-c1ccc(CC)cc1.[Pd+2]. The first-order chi connectivity index (χ1) is 23.3. The van der Waals surface area contributed by atoms with Crippen LogP contribution in [0.25, 0.3) is 44.4 Å². The van der Waals surface area contributed by atoms with E-state index in [4.69, 9.17) is 14.8 Å². The van der Waals surface area contributed by atoms with Gasteiger partial charge in [-0.25, -0.2) is 4.98 Å². The second kappa shape index (κ2) is 14.2. The first-order valence-corrected chi connectivity index (χ1v) is 17.1. The Bertz CT molecular complexity index is 2240. The molecule has 0 saturated heterocycles. The number of aryl methyl sites for hydroxylation is 3. The van der Waals surface area contributed by atoms with Crippen LogP contribution in [0.3, 0.4) is 0 Å². The van der Waals surface area contributed by atoms with Crippen molar-refractivity contribution in [3.63, 3.8) is 0 Å². The molecule has 0 saturated carbocycles.